The van der Waals surface area contributed by atoms with Crippen LogP contribution in [0.15, 0.2) is 30.5 Å². The van der Waals surface area contributed by atoms with Crippen molar-refractivity contribution in [2.75, 3.05) is 39.3 Å². The van der Waals surface area contributed by atoms with Gasteiger partial charge in [-0.1, -0.05) is 5.21 Å². The third-order valence-corrected chi connectivity index (χ3v) is 5.23. The second-order valence-electron chi connectivity index (χ2n) is 7.26. The van der Waals surface area contributed by atoms with E-state index in [1.165, 1.54) is 13.3 Å². The molecule has 1 N–H and O–H groups in total. The molecule has 10 heteroatoms. The summed E-state index contributed by atoms with van der Waals surface area (Å²) in [5.74, 6) is -0.727. The SMILES string of the molecule is COC(=O)c1cn(C2COC3C(NC(=O)c4ccc(N(C)C)cc4)COC32)nn1. The van der Waals surface area contributed by atoms with Crippen molar-refractivity contribution in [3.8, 4) is 0 Å². The molecular weight excluding hydrogens is 378 g/mol. The topological polar surface area (TPSA) is 108 Å². The molecule has 154 valence electrons. The van der Waals surface area contributed by atoms with Gasteiger partial charge in [0.15, 0.2) is 5.69 Å². The third kappa shape index (κ3) is 3.68. The number of rotatable bonds is 5. The third-order valence-electron chi connectivity index (χ3n) is 5.23. The minimum atomic E-state index is -0.551. The van der Waals surface area contributed by atoms with Crippen LogP contribution < -0.4 is 10.2 Å². The van der Waals surface area contributed by atoms with Crippen LogP contribution in [0.1, 0.15) is 26.9 Å². The second-order valence-corrected chi connectivity index (χ2v) is 7.26. The molecule has 0 radical (unpaired) electrons. The minimum Gasteiger partial charge on any atom is -0.464 e. The van der Waals surface area contributed by atoms with Crippen LogP contribution in [-0.2, 0) is 14.2 Å². The highest BCUT2D eigenvalue weighted by atomic mass is 16.6. The van der Waals surface area contributed by atoms with Gasteiger partial charge in [0.25, 0.3) is 5.91 Å². The first-order chi connectivity index (χ1) is 14.0. The van der Waals surface area contributed by atoms with Crippen molar-refractivity contribution in [2.45, 2.75) is 24.3 Å². The highest BCUT2D eigenvalue weighted by Crippen LogP contribution is 2.34. The van der Waals surface area contributed by atoms with Crippen LogP contribution in [0.5, 0.6) is 0 Å². The van der Waals surface area contributed by atoms with Gasteiger partial charge in [-0.05, 0) is 24.3 Å². The maximum atomic E-state index is 12.6. The molecule has 0 spiro atoms. The lowest BCUT2D eigenvalue weighted by Crippen LogP contribution is -2.44. The monoisotopic (exact) mass is 401 g/mol. The van der Waals surface area contributed by atoms with Gasteiger partial charge >= 0.3 is 5.97 Å². The Morgan fingerprint density at radius 3 is 2.59 bits per heavy atom. The lowest BCUT2D eigenvalue weighted by Gasteiger charge is -2.18. The number of benzene rings is 1. The fourth-order valence-corrected chi connectivity index (χ4v) is 3.63. The van der Waals surface area contributed by atoms with Gasteiger partial charge in [-0.3, -0.25) is 4.79 Å². The number of anilines is 1. The predicted molar refractivity (Wildman–Crippen MR) is 102 cm³/mol. The molecule has 0 saturated carbocycles. The number of esters is 1. The largest absolute Gasteiger partial charge is 0.464 e. The zero-order chi connectivity index (χ0) is 20.5. The first-order valence-electron chi connectivity index (χ1n) is 9.29. The van der Waals surface area contributed by atoms with E-state index in [1.807, 2.05) is 31.1 Å². The van der Waals surface area contributed by atoms with Crippen molar-refractivity contribution >= 4 is 17.6 Å². The van der Waals surface area contributed by atoms with E-state index in [-0.39, 0.29) is 35.9 Å². The summed E-state index contributed by atoms with van der Waals surface area (Å²) < 4.78 is 18.0. The van der Waals surface area contributed by atoms with Gasteiger partial charge < -0.3 is 24.4 Å². The van der Waals surface area contributed by atoms with Gasteiger partial charge in [0.1, 0.15) is 18.2 Å². The quantitative estimate of drug-likeness (QED) is 0.712. The number of aromatic nitrogens is 3. The smallest absolute Gasteiger partial charge is 0.360 e. The zero-order valence-corrected chi connectivity index (χ0v) is 16.4. The fraction of sp³-hybridized carbons (Fsp3) is 0.474. The minimum absolute atomic E-state index is 0.125. The van der Waals surface area contributed by atoms with Crippen molar-refractivity contribution < 1.29 is 23.8 Å². The van der Waals surface area contributed by atoms with Crippen molar-refractivity contribution in [1.82, 2.24) is 20.3 Å². The van der Waals surface area contributed by atoms with Crippen LogP contribution in [0.4, 0.5) is 5.69 Å². The maximum Gasteiger partial charge on any atom is 0.360 e. The van der Waals surface area contributed by atoms with Crippen molar-refractivity contribution in [2.24, 2.45) is 0 Å². The number of methoxy groups -OCH3 is 1. The standard InChI is InChI=1S/C19H23N5O5/c1-23(2)12-6-4-11(5-7-12)18(25)20-14-9-28-17-15(10-29-16(14)17)24-8-13(21-22-24)19(26)27-3/h4-8,14-17H,9-10H2,1-3H3,(H,20,25). The van der Waals surface area contributed by atoms with E-state index in [0.29, 0.717) is 18.8 Å². The van der Waals surface area contributed by atoms with Gasteiger partial charge in [-0.25, -0.2) is 9.48 Å². The summed E-state index contributed by atoms with van der Waals surface area (Å²) in [7, 11) is 5.18. The molecule has 0 aliphatic carbocycles. The molecule has 2 fully saturated rings. The number of carbonyl (C=O) groups excluding carboxylic acids is 2. The van der Waals surface area contributed by atoms with E-state index in [4.69, 9.17) is 9.47 Å². The van der Waals surface area contributed by atoms with Gasteiger partial charge in [0, 0.05) is 25.3 Å². The molecule has 0 bridgehead atoms. The summed E-state index contributed by atoms with van der Waals surface area (Å²) >= 11 is 0. The first kappa shape index (κ1) is 19.3. The van der Waals surface area contributed by atoms with E-state index in [9.17, 15) is 9.59 Å². The number of amides is 1. The molecule has 4 rings (SSSR count). The van der Waals surface area contributed by atoms with Crippen LogP contribution in [0.25, 0.3) is 0 Å². The molecule has 1 aromatic heterocycles. The van der Waals surface area contributed by atoms with Gasteiger partial charge in [-0.2, -0.15) is 0 Å². The second kappa shape index (κ2) is 7.80. The molecule has 3 heterocycles. The molecule has 10 nitrogen and oxygen atoms in total. The molecular formula is C19H23N5O5. The Labute approximate surface area is 167 Å². The Kier molecular flexibility index (Phi) is 5.20. The summed E-state index contributed by atoms with van der Waals surface area (Å²) in [6.45, 7) is 0.690. The number of nitrogens with zero attached hydrogens (tertiary/aromatic N) is 4. The Morgan fingerprint density at radius 2 is 1.90 bits per heavy atom. The summed E-state index contributed by atoms with van der Waals surface area (Å²) in [4.78, 5) is 26.2. The summed E-state index contributed by atoms with van der Waals surface area (Å²) in [5, 5.41) is 10.8. The molecule has 1 amide bonds. The molecule has 4 unspecified atom stereocenters. The van der Waals surface area contributed by atoms with E-state index < -0.39 is 5.97 Å². The number of nitrogens with one attached hydrogen (secondary N) is 1. The van der Waals surface area contributed by atoms with Gasteiger partial charge in [0.05, 0.1) is 32.6 Å². The predicted octanol–water partition coefficient (Wildman–Crippen LogP) is 0.268. The molecule has 2 aliphatic heterocycles. The normalized spacial score (nSPS) is 25.5. The molecule has 4 atom stereocenters. The lowest BCUT2D eigenvalue weighted by molar-refractivity contribution is 0.0591. The van der Waals surface area contributed by atoms with Crippen molar-refractivity contribution in [3.63, 3.8) is 0 Å². The Hall–Kier alpha value is -2.98. The van der Waals surface area contributed by atoms with Crippen molar-refractivity contribution in [3.05, 3.63) is 41.7 Å². The molecule has 2 saturated heterocycles. The van der Waals surface area contributed by atoms with E-state index >= 15 is 0 Å². The number of fused-ring (bicyclic) bond motifs is 1. The summed E-state index contributed by atoms with van der Waals surface area (Å²) in [6.07, 6.45) is 0.934. The zero-order valence-electron chi connectivity index (χ0n) is 16.4. The molecule has 2 aliphatic rings. The highest BCUT2D eigenvalue weighted by molar-refractivity contribution is 5.94. The Morgan fingerprint density at radius 1 is 1.17 bits per heavy atom. The van der Waals surface area contributed by atoms with E-state index in [2.05, 4.69) is 20.4 Å². The Balaban J connectivity index is 1.40. The van der Waals surface area contributed by atoms with E-state index in [1.54, 1.807) is 16.8 Å². The Bertz CT molecular complexity index is 897. The van der Waals surface area contributed by atoms with Crippen LogP contribution in [0.3, 0.4) is 0 Å². The average Bonchev–Trinajstić information content (AvgIpc) is 3.44. The van der Waals surface area contributed by atoms with E-state index in [0.717, 1.165) is 5.69 Å². The van der Waals surface area contributed by atoms with Crippen LogP contribution in [0.2, 0.25) is 0 Å². The average molecular weight is 401 g/mol. The number of hydrogen-bond donors (Lipinski definition) is 1. The van der Waals surface area contributed by atoms with Crippen LogP contribution in [0, 0.1) is 0 Å². The highest BCUT2D eigenvalue weighted by Gasteiger charge is 2.49. The van der Waals surface area contributed by atoms with Crippen LogP contribution >= 0.6 is 0 Å². The number of ether oxygens (including phenoxy) is 3. The first-order valence-corrected chi connectivity index (χ1v) is 9.29. The summed E-state index contributed by atoms with van der Waals surface area (Å²) in [5.41, 5.74) is 1.72. The lowest BCUT2D eigenvalue weighted by atomic mass is 10.1. The summed E-state index contributed by atoms with van der Waals surface area (Å²) in [6, 6.07) is 6.88. The fourth-order valence-electron chi connectivity index (χ4n) is 3.63. The molecule has 29 heavy (non-hydrogen) atoms. The molecule has 1 aromatic carbocycles. The van der Waals surface area contributed by atoms with Crippen molar-refractivity contribution in [1.29, 1.82) is 0 Å². The van der Waals surface area contributed by atoms with Gasteiger partial charge in [-0.15, -0.1) is 5.10 Å². The number of hydrogen-bond acceptors (Lipinski definition) is 8. The number of carbonyl (C=O) groups is 2. The van der Waals surface area contributed by atoms with Crippen LogP contribution in [-0.4, -0.2) is 79.5 Å². The van der Waals surface area contributed by atoms with Gasteiger partial charge in [0.2, 0.25) is 0 Å². The molecule has 2 aromatic rings. The maximum absolute atomic E-state index is 12.6.